The topological polar surface area (TPSA) is 66.4 Å². The van der Waals surface area contributed by atoms with Gasteiger partial charge in [0.05, 0.1) is 0 Å². The summed E-state index contributed by atoms with van der Waals surface area (Å²) in [6.45, 7) is 8.61. The van der Waals surface area contributed by atoms with Crippen LogP contribution in [-0.2, 0) is 9.59 Å². The van der Waals surface area contributed by atoms with Gasteiger partial charge in [-0.15, -0.1) is 0 Å². The number of allylic oxidation sites excluding steroid dienone is 5. The maximum atomic E-state index is 12.4. The minimum absolute atomic E-state index is 0.0889. The monoisotopic (exact) mass is 461 g/mol. The van der Waals surface area contributed by atoms with E-state index in [-0.39, 0.29) is 5.91 Å². The van der Waals surface area contributed by atoms with E-state index >= 15 is 0 Å². The van der Waals surface area contributed by atoms with Crippen LogP contribution < -0.4 is 5.32 Å². The number of hydrogen-bond acceptors (Lipinski definition) is 3. The molecular formula is C27H43NO3S. The van der Waals surface area contributed by atoms with Crippen LogP contribution >= 0.6 is 11.8 Å². The van der Waals surface area contributed by atoms with Gasteiger partial charge in [0.2, 0.25) is 5.91 Å². The van der Waals surface area contributed by atoms with Crippen LogP contribution in [0.25, 0.3) is 0 Å². The van der Waals surface area contributed by atoms with Gasteiger partial charge in [-0.25, -0.2) is 4.79 Å². The van der Waals surface area contributed by atoms with Crippen molar-refractivity contribution in [3.8, 4) is 0 Å². The molecule has 1 amide bonds. The van der Waals surface area contributed by atoms with Crippen LogP contribution in [0, 0.1) is 17.8 Å². The Morgan fingerprint density at radius 3 is 2.28 bits per heavy atom. The fourth-order valence-electron chi connectivity index (χ4n) is 5.02. The Balaban J connectivity index is 1.63. The highest BCUT2D eigenvalue weighted by atomic mass is 32.2. The molecule has 0 radical (unpaired) electrons. The molecule has 0 aromatic rings. The molecule has 0 aromatic heterocycles. The molecule has 0 unspecified atom stereocenters. The normalized spacial score (nSPS) is 23.8. The number of carboxylic acid groups (broad SMARTS) is 1. The lowest BCUT2D eigenvalue weighted by Crippen LogP contribution is -2.43. The molecule has 2 aliphatic rings. The zero-order chi connectivity index (χ0) is 23.5. The van der Waals surface area contributed by atoms with Gasteiger partial charge in [0.25, 0.3) is 0 Å². The Morgan fingerprint density at radius 1 is 1.00 bits per heavy atom. The first-order valence-corrected chi connectivity index (χ1v) is 13.4. The zero-order valence-corrected chi connectivity index (χ0v) is 21.3. The third-order valence-corrected chi connectivity index (χ3v) is 7.89. The van der Waals surface area contributed by atoms with Crippen LogP contribution in [0.5, 0.6) is 0 Å². The summed E-state index contributed by atoms with van der Waals surface area (Å²) in [7, 11) is 0. The summed E-state index contributed by atoms with van der Waals surface area (Å²) in [6, 6.07) is -0.800. The first kappa shape index (κ1) is 26.8. The third-order valence-electron chi connectivity index (χ3n) is 6.92. The maximum Gasteiger partial charge on any atom is 0.327 e. The molecule has 5 heteroatoms. The van der Waals surface area contributed by atoms with Crippen molar-refractivity contribution in [2.24, 2.45) is 17.8 Å². The SMILES string of the molecule is CC(C)=CCC/C(C)=C/CC/C(C)=C/CSC[C@H](NC(=O)C[C@H]1C[C@@H]2CC[C@H]1C2)C(=O)O. The van der Waals surface area contributed by atoms with Crippen LogP contribution in [0.15, 0.2) is 34.9 Å². The summed E-state index contributed by atoms with van der Waals surface area (Å²) in [5, 5.41) is 12.3. The fraction of sp³-hybridized carbons (Fsp3) is 0.704. The maximum absolute atomic E-state index is 12.4. The van der Waals surface area contributed by atoms with Crippen LogP contribution in [0.1, 0.15) is 85.5 Å². The number of carboxylic acids is 1. The second kappa shape index (κ2) is 13.9. The molecule has 180 valence electrons. The van der Waals surface area contributed by atoms with Gasteiger partial charge in [0.15, 0.2) is 0 Å². The highest BCUT2D eigenvalue weighted by Gasteiger charge is 2.40. The molecule has 0 aromatic carbocycles. The Morgan fingerprint density at radius 2 is 1.69 bits per heavy atom. The van der Waals surface area contributed by atoms with Crippen molar-refractivity contribution in [1.29, 1.82) is 0 Å². The second-order valence-electron chi connectivity index (χ2n) is 10.1. The molecule has 0 heterocycles. The Kier molecular flexibility index (Phi) is 11.6. The zero-order valence-electron chi connectivity index (χ0n) is 20.5. The van der Waals surface area contributed by atoms with Gasteiger partial charge < -0.3 is 10.4 Å². The fourth-order valence-corrected chi connectivity index (χ4v) is 6.02. The van der Waals surface area contributed by atoms with Crippen LogP contribution in [0.2, 0.25) is 0 Å². The molecule has 0 saturated heterocycles. The lowest BCUT2D eigenvalue weighted by atomic mass is 9.86. The summed E-state index contributed by atoms with van der Waals surface area (Å²) < 4.78 is 0. The summed E-state index contributed by atoms with van der Waals surface area (Å²) in [5.41, 5.74) is 4.15. The van der Waals surface area contributed by atoms with Crippen LogP contribution in [0.3, 0.4) is 0 Å². The molecule has 2 N–H and O–H groups in total. The first-order chi connectivity index (χ1) is 15.2. The van der Waals surface area contributed by atoms with Gasteiger partial charge >= 0.3 is 5.97 Å². The van der Waals surface area contributed by atoms with Gasteiger partial charge in [-0.05, 0) is 90.4 Å². The largest absolute Gasteiger partial charge is 0.480 e. The first-order valence-electron chi connectivity index (χ1n) is 12.3. The highest BCUT2D eigenvalue weighted by Crippen LogP contribution is 2.49. The number of nitrogens with one attached hydrogen (secondary N) is 1. The lowest BCUT2D eigenvalue weighted by molar-refractivity contribution is -0.141. The lowest BCUT2D eigenvalue weighted by Gasteiger charge is -2.22. The quantitative estimate of drug-likeness (QED) is 0.228. The third kappa shape index (κ3) is 9.97. The average Bonchev–Trinajstić information content (AvgIpc) is 3.33. The van der Waals surface area contributed by atoms with E-state index in [1.165, 1.54) is 36.0 Å². The number of thioether (sulfide) groups is 1. The smallest absolute Gasteiger partial charge is 0.327 e. The molecule has 2 aliphatic carbocycles. The molecule has 0 aliphatic heterocycles. The molecular weight excluding hydrogens is 418 g/mol. The summed E-state index contributed by atoms with van der Waals surface area (Å²) in [4.78, 5) is 24.0. The van der Waals surface area contributed by atoms with E-state index in [1.807, 2.05) is 0 Å². The standard InChI is InChI=1S/C27H43NO3S/c1-19(2)7-5-8-20(3)9-6-10-21(4)13-14-32-18-25(27(30)31)28-26(29)17-24-16-22-11-12-23(24)15-22/h7,9,13,22-25H,5-6,8,10-12,14-18H2,1-4H3,(H,28,29)(H,30,31)/b20-9+,21-13+/t22-,23+,24-,25+/m1/s1. The molecule has 0 spiro atoms. The number of amides is 1. The van der Waals surface area contributed by atoms with Crippen molar-refractivity contribution in [1.82, 2.24) is 5.32 Å². The van der Waals surface area contributed by atoms with Crippen molar-refractivity contribution in [2.45, 2.75) is 91.5 Å². The Bertz CT molecular complexity index is 720. The number of rotatable bonds is 14. The van der Waals surface area contributed by atoms with Crippen LogP contribution in [0.4, 0.5) is 0 Å². The van der Waals surface area contributed by atoms with Crippen molar-refractivity contribution < 1.29 is 14.7 Å². The molecule has 2 bridgehead atoms. The number of fused-ring (bicyclic) bond motifs is 2. The minimum atomic E-state index is -0.937. The molecule has 2 saturated carbocycles. The van der Waals surface area contributed by atoms with Gasteiger partial charge in [-0.3, -0.25) is 4.79 Å². The molecule has 4 atom stereocenters. The van der Waals surface area contributed by atoms with E-state index in [2.05, 4.69) is 51.2 Å². The summed E-state index contributed by atoms with van der Waals surface area (Å²) >= 11 is 1.57. The predicted molar refractivity (Wildman–Crippen MR) is 136 cm³/mol. The van der Waals surface area contributed by atoms with E-state index in [9.17, 15) is 14.7 Å². The molecule has 2 rings (SSSR count). The van der Waals surface area contributed by atoms with E-state index in [0.717, 1.165) is 43.8 Å². The number of carbonyl (C=O) groups excluding carboxylic acids is 1. The van der Waals surface area contributed by atoms with Crippen molar-refractivity contribution in [2.75, 3.05) is 11.5 Å². The van der Waals surface area contributed by atoms with E-state index in [4.69, 9.17) is 0 Å². The van der Waals surface area contributed by atoms with Gasteiger partial charge in [-0.1, -0.05) is 41.4 Å². The van der Waals surface area contributed by atoms with E-state index in [0.29, 0.717) is 24.0 Å². The Hall–Kier alpha value is -1.49. The number of hydrogen-bond donors (Lipinski definition) is 2. The summed E-state index contributed by atoms with van der Waals surface area (Å²) in [5.74, 6) is 2.12. The molecule has 4 nitrogen and oxygen atoms in total. The van der Waals surface area contributed by atoms with Crippen LogP contribution in [-0.4, -0.2) is 34.5 Å². The Labute approximate surface area is 199 Å². The van der Waals surface area contributed by atoms with Gasteiger partial charge in [0.1, 0.15) is 6.04 Å². The number of carbonyl (C=O) groups is 2. The number of aliphatic carboxylic acids is 1. The van der Waals surface area contributed by atoms with E-state index < -0.39 is 12.0 Å². The highest BCUT2D eigenvalue weighted by molar-refractivity contribution is 7.99. The second-order valence-corrected chi connectivity index (χ2v) is 11.2. The average molecular weight is 462 g/mol. The molecule has 32 heavy (non-hydrogen) atoms. The van der Waals surface area contributed by atoms with Crippen molar-refractivity contribution >= 4 is 23.6 Å². The molecule has 2 fully saturated rings. The van der Waals surface area contributed by atoms with Crippen molar-refractivity contribution in [3.05, 3.63) is 34.9 Å². The van der Waals surface area contributed by atoms with E-state index in [1.54, 1.807) is 11.8 Å². The van der Waals surface area contributed by atoms with Gasteiger partial charge in [0, 0.05) is 17.9 Å². The summed E-state index contributed by atoms with van der Waals surface area (Å²) in [6.07, 6.45) is 16.6. The predicted octanol–water partition coefficient (Wildman–Crippen LogP) is 6.53. The minimum Gasteiger partial charge on any atom is -0.480 e. The van der Waals surface area contributed by atoms with Crippen molar-refractivity contribution in [3.63, 3.8) is 0 Å². The van der Waals surface area contributed by atoms with Gasteiger partial charge in [-0.2, -0.15) is 11.8 Å².